The normalized spacial score (nSPS) is 16.6. The summed E-state index contributed by atoms with van der Waals surface area (Å²) in [5.41, 5.74) is 1.19. The van der Waals surface area contributed by atoms with Gasteiger partial charge >= 0.3 is 0 Å². The second kappa shape index (κ2) is 5.69. The molecule has 1 aliphatic rings. The predicted molar refractivity (Wildman–Crippen MR) is 74.3 cm³/mol. The minimum atomic E-state index is 0.0216. The Morgan fingerprint density at radius 3 is 3.00 bits per heavy atom. The first-order chi connectivity index (χ1) is 8.20. The highest BCUT2D eigenvalue weighted by molar-refractivity contribution is 9.10. The highest BCUT2D eigenvalue weighted by Gasteiger charge is 2.21. The zero-order valence-electron chi connectivity index (χ0n) is 10.1. The van der Waals surface area contributed by atoms with E-state index in [1.54, 1.807) is 6.08 Å². The van der Waals surface area contributed by atoms with Crippen LogP contribution in [0.3, 0.4) is 0 Å². The molecule has 1 saturated carbocycles. The Bertz CT molecular complexity index is 401. The van der Waals surface area contributed by atoms with Crippen molar-refractivity contribution in [2.24, 2.45) is 0 Å². The number of hydrogen-bond acceptors (Lipinski definition) is 2. The fraction of sp³-hybridized carbons (Fsp3) is 0.429. The smallest absolute Gasteiger partial charge is 0.138 e. The Morgan fingerprint density at radius 1 is 1.59 bits per heavy atom. The van der Waals surface area contributed by atoms with Crippen molar-refractivity contribution in [1.82, 2.24) is 5.32 Å². The van der Waals surface area contributed by atoms with Crippen LogP contribution in [0.1, 0.15) is 25.3 Å². The molecule has 1 aliphatic carbocycles. The van der Waals surface area contributed by atoms with E-state index in [1.165, 1.54) is 18.4 Å². The maximum absolute atomic E-state index is 5.87. The van der Waals surface area contributed by atoms with Gasteiger partial charge in [-0.1, -0.05) is 24.8 Å². The molecule has 1 unspecified atom stereocenters. The first-order valence-electron chi connectivity index (χ1n) is 6.00. The van der Waals surface area contributed by atoms with Crippen LogP contribution in [0.5, 0.6) is 5.75 Å². The van der Waals surface area contributed by atoms with E-state index in [0.717, 1.165) is 16.8 Å². The Hall–Kier alpha value is -0.800. The molecule has 2 nitrogen and oxygen atoms in total. The molecule has 17 heavy (non-hydrogen) atoms. The average Bonchev–Trinajstić information content (AvgIpc) is 3.13. The molecule has 0 aromatic heterocycles. The lowest BCUT2D eigenvalue weighted by Crippen LogP contribution is -2.17. The second-order valence-electron chi connectivity index (χ2n) is 4.44. The van der Waals surface area contributed by atoms with Crippen LogP contribution in [0.15, 0.2) is 35.3 Å². The molecular formula is C14H18BrNO. The van der Waals surface area contributed by atoms with Crippen LogP contribution in [-0.2, 0) is 6.54 Å². The summed E-state index contributed by atoms with van der Waals surface area (Å²) >= 11 is 3.54. The van der Waals surface area contributed by atoms with Gasteiger partial charge < -0.3 is 10.1 Å². The van der Waals surface area contributed by atoms with Gasteiger partial charge in [0.15, 0.2) is 0 Å². The standard InChI is InChI=1S/C14H18BrNO/c1-3-10(2)17-14-11(5-4-6-13(14)15)9-16-12-7-8-12/h3-6,10,12,16H,1,7-9H2,2H3. The third kappa shape index (κ3) is 3.58. The van der Waals surface area contributed by atoms with Crippen LogP contribution in [0.2, 0.25) is 0 Å². The Balaban J connectivity index is 2.10. The number of halogens is 1. The predicted octanol–water partition coefficient (Wildman–Crippen LogP) is 3.65. The van der Waals surface area contributed by atoms with Crippen LogP contribution in [0, 0.1) is 0 Å². The Morgan fingerprint density at radius 2 is 2.35 bits per heavy atom. The summed E-state index contributed by atoms with van der Waals surface area (Å²) in [7, 11) is 0. The lowest BCUT2D eigenvalue weighted by molar-refractivity contribution is 0.265. The molecule has 0 heterocycles. The number of para-hydroxylation sites is 1. The number of rotatable bonds is 6. The summed E-state index contributed by atoms with van der Waals surface area (Å²) in [6.07, 6.45) is 4.42. The number of hydrogen-bond donors (Lipinski definition) is 1. The summed E-state index contributed by atoms with van der Waals surface area (Å²) in [6, 6.07) is 6.86. The number of ether oxygens (including phenoxy) is 1. The number of nitrogens with one attached hydrogen (secondary N) is 1. The van der Waals surface area contributed by atoms with E-state index in [4.69, 9.17) is 4.74 Å². The van der Waals surface area contributed by atoms with Gasteiger partial charge in [-0.3, -0.25) is 0 Å². The van der Waals surface area contributed by atoms with E-state index in [0.29, 0.717) is 6.04 Å². The Labute approximate surface area is 111 Å². The van der Waals surface area contributed by atoms with Crippen molar-refractivity contribution in [1.29, 1.82) is 0 Å². The van der Waals surface area contributed by atoms with Crippen molar-refractivity contribution in [2.45, 2.75) is 38.5 Å². The van der Waals surface area contributed by atoms with Gasteiger partial charge in [0, 0.05) is 18.2 Å². The minimum absolute atomic E-state index is 0.0216. The molecule has 1 N–H and O–H groups in total. The lowest BCUT2D eigenvalue weighted by atomic mass is 10.2. The summed E-state index contributed by atoms with van der Waals surface area (Å²) in [5, 5.41) is 3.51. The monoisotopic (exact) mass is 295 g/mol. The average molecular weight is 296 g/mol. The zero-order valence-corrected chi connectivity index (χ0v) is 11.7. The molecule has 0 saturated heterocycles. The van der Waals surface area contributed by atoms with Crippen molar-refractivity contribution in [3.8, 4) is 5.75 Å². The van der Waals surface area contributed by atoms with Crippen molar-refractivity contribution in [3.05, 3.63) is 40.9 Å². The quantitative estimate of drug-likeness (QED) is 0.809. The van der Waals surface area contributed by atoms with E-state index in [9.17, 15) is 0 Å². The molecule has 1 aromatic rings. The minimum Gasteiger partial charge on any atom is -0.485 e. The second-order valence-corrected chi connectivity index (χ2v) is 5.30. The molecule has 0 aliphatic heterocycles. The molecule has 0 radical (unpaired) electrons. The Kier molecular flexibility index (Phi) is 4.24. The largest absolute Gasteiger partial charge is 0.485 e. The first kappa shape index (κ1) is 12.7. The van der Waals surface area contributed by atoms with Gasteiger partial charge in [-0.05, 0) is 41.8 Å². The van der Waals surface area contributed by atoms with Gasteiger partial charge in [0.1, 0.15) is 11.9 Å². The summed E-state index contributed by atoms with van der Waals surface area (Å²) in [6.45, 7) is 6.60. The van der Waals surface area contributed by atoms with E-state index in [-0.39, 0.29) is 6.10 Å². The molecule has 0 spiro atoms. The maximum atomic E-state index is 5.87. The van der Waals surface area contributed by atoms with Crippen LogP contribution >= 0.6 is 15.9 Å². The summed E-state index contributed by atoms with van der Waals surface area (Å²) < 4.78 is 6.87. The van der Waals surface area contributed by atoms with Gasteiger partial charge in [0.2, 0.25) is 0 Å². The molecule has 1 atom stereocenters. The molecule has 3 heteroatoms. The fourth-order valence-corrected chi connectivity index (χ4v) is 2.10. The van der Waals surface area contributed by atoms with Gasteiger partial charge in [-0.15, -0.1) is 0 Å². The maximum Gasteiger partial charge on any atom is 0.138 e. The SMILES string of the molecule is C=CC(C)Oc1c(Br)cccc1CNC1CC1. The number of benzene rings is 1. The third-order valence-corrected chi connectivity index (χ3v) is 3.47. The van der Waals surface area contributed by atoms with Gasteiger partial charge in [-0.25, -0.2) is 0 Å². The van der Waals surface area contributed by atoms with Crippen molar-refractivity contribution in [2.75, 3.05) is 0 Å². The molecule has 0 amide bonds. The van der Waals surface area contributed by atoms with E-state index < -0.39 is 0 Å². The molecular weight excluding hydrogens is 278 g/mol. The van der Waals surface area contributed by atoms with Crippen LogP contribution in [-0.4, -0.2) is 12.1 Å². The topological polar surface area (TPSA) is 21.3 Å². The van der Waals surface area contributed by atoms with Gasteiger partial charge in [-0.2, -0.15) is 0 Å². The van der Waals surface area contributed by atoms with Crippen LogP contribution < -0.4 is 10.1 Å². The summed E-state index contributed by atoms with van der Waals surface area (Å²) in [4.78, 5) is 0. The molecule has 0 bridgehead atoms. The molecule has 1 aromatic carbocycles. The van der Waals surface area contributed by atoms with Crippen molar-refractivity contribution >= 4 is 15.9 Å². The van der Waals surface area contributed by atoms with E-state index in [1.807, 2.05) is 19.1 Å². The van der Waals surface area contributed by atoms with Crippen LogP contribution in [0.4, 0.5) is 0 Å². The van der Waals surface area contributed by atoms with Crippen molar-refractivity contribution in [3.63, 3.8) is 0 Å². The van der Waals surface area contributed by atoms with Crippen molar-refractivity contribution < 1.29 is 4.74 Å². The van der Waals surface area contributed by atoms with Crippen LogP contribution in [0.25, 0.3) is 0 Å². The van der Waals surface area contributed by atoms with E-state index in [2.05, 4.69) is 33.9 Å². The van der Waals surface area contributed by atoms with Gasteiger partial charge in [0.05, 0.1) is 4.47 Å². The first-order valence-corrected chi connectivity index (χ1v) is 6.80. The zero-order chi connectivity index (χ0) is 12.3. The van der Waals surface area contributed by atoms with E-state index >= 15 is 0 Å². The highest BCUT2D eigenvalue weighted by atomic mass is 79.9. The molecule has 92 valence electrons. The molecule has 1 fully saturated rings. The lowest BCUT2D eigenvalue weighted by Gasteiger charge is -2.16. The van der Waals surface area contributed by atoms with Gasteiger partial charge in [0.25, 0.3) is 0 Å². The fourth-order valence-electron chi connectivity index (χ4n) is 1.60. The highest BCUT2D eigenvalue weighted by Crippen LogP contribution is 2.31. The molecule has 2 rings (SSSR count). The third-order valence-electron chi connectivity index (χ3n) is 2.84. The summed E-state index contributed by atoms with van der Waals surface area (Å²) in [5.74, 6) is 0.924.